The van der Waals surface area contributed by atoms with Gasteiger partial charge in [0.2, 0.25) is 5.79 Å². The van der Waals surface area contributed by atoms with Crippen LogP contribution in [-0.2, 0) is 24.8 Å². The molecule has 6 nitrogen and oxygen atoms in total. The van der Waals surface area contributed by atoms with Crippen LogP contribution in [0.1, 0.15) is 51.2 Å². The fourth-order valence-corrected chi connectivity index (χ4v) is 5.45. The lowest BCUT2D eigenvalue weighted by Crippen LogP contribution is -2.43. The number of benzene rings is 2. The van der Waals surface area contributed by atoms with Crippen molar-refractivity contribution < 1.29 is 28.5 Å². The van der Waals surface area contributed by atoms with Gasteiger partial charge in [0.05, 0.1) is 24.8 Å². The number of carbonyl (C=O) groups excluding carboxylic acids is 1. The molecule has 0 bridgehead atoms. The highest BCUT2D eigenvalue weighted by Crippen LogP contribution is 2.53. The zero-order valence-corrected chi connectivity index (χ0v) is 20.3. The third-order valence-corrected chi connectivity index (χ3v) is 7.22. The van der Waals surface area contributed by atoms with E-state index in [2.05, 4.69) is 13.5 Å². The van der Waals surface area contributed by atoms with Crippen molar-refractivity contribution >= 4 is 5.97 Å². The number of hydrogen-bond acceptors (Lipinski definition) is 6. The van der Waals surface area contributed by atoms with Crippen molar-refractivity contribution in [2.24, 2.45) is 11.8 Å². The van der Waals surface area contributed by atoms with E-state index in [4.69, 9.17) is 23.7 Å². The molecule has 0 radical (unpaired) electrons. The van der Waals surface area contributed by atoms with E-state index in [1.807, 2.05) is 56.3 Å². The average Bonchev–Trinajstić information content (AvgIpc) is 3.24. The molecule has 6 heteroatoms. The normalized spacial score (nSPS) is 28.1. The second-order valence-corrected chi connectivity index (χ2v) is 10.2. The molecule has 0 N–H and O–H groups in total. The molecule has 2 aromatic carbocycles. The van der Waals surface area contributed by atoms with E-state index < -0.39 is 23.5 Å². The molecule has 4 unspecified atom stereocenters. The molecule has 3 aliphatic rings. The summed E-state index contributed by atoms with van der Waals surface area (Å²) < 4.78 is 30.3. The third-order valence-electron chi connectivity index (χ3n) is 7.22. The van der Waals surface area contributed by atoms with Gasteiger partial charge >= 0.3 is 5.97 Å². The number of fused-ring (bicyclic) bond motifs is 4. The summed E-state index contributed by atoms with van der Waals surface area (Å²) in [6.45, 7) is 10.5. The molecule has 2 aromatic rings. The maximum absolute atomic E-state index is 13.3. The van der Waals surface area contributed by atoms with Gasteiger partial charge in [0.15, 0.2) is 6.10 Å². The van der Waals surface area contributed by atoms with Crippen molar-refractivity contribution in [3.05, 3.63) is 65.7 Å². The Kier molecular flexibility index (Phi) is 5.69. The predicted octanol–water partition coefficient (Wildman–Crippen LogP) is 5.73. The maximum atomic E-state index is 13.3. The van der Waals surface area contributed by atoms with E-state index in [-0.39, 0.29) is 12.5 Å². The SMILES string of the molecule is C=C1CC(C)CC(C(C)(C)OC(=O)C2COC3(O2)c2ccccc2Oc2ccc(OC)cc23)C1. The topological polar surface area (TPSA) is 63.2 Å². The van der Waals surface area contributed by atoms with E-state index in [0.29, 0.717) is 34.3 Å². The lowest BCUT2D eigenvalue weighted by molar-refractivity contribution is -0.186. The van der Waals surface area contributed by atoms with Gasteiger partial charge in [-0.2, -0.15) is 0 Å². The predicted molar refractivity (Wildman–Crippen MR) is 127 cm³/mol. The number of methoxy groups -OCH3 is 1. The van der Waals surface area contributed by atoms with Crippen LogP contribution in [-0.4, -0.2) is 31.4 Å². The number of para-hydroxylation sites is 1. The molecular weight excluding hydrogens is 432 g/mol. The fraction of sp³-hybridized carbons (Fsp3) is 0.464. The van der Waals surface area contributed by atoms with E-state index in [1.165, 1.54) is 5.57 Å². The van der Waals surface area contributed by atoms with Crippen molar-refractivity contribution in [1.82, 2.24) is 0 Å². The minimum absolute atomic E-state index is 0.0771. The van der Waals surface area contributed by atoms with Gasteiger partial charge in [0.1, 0.15) is 22.8 Å². The minimum atomic E-state index is -1.28. The number of ether oxygens (including phenoxy) is 5. The van der Waals surface area contributed by atoms with Crippen LogP contribution in [0.25, 0.3) is 0 Å². The Bertz CT molecular complexity index is 1120. The third kappa shape index (κ3) is 3.89. The summed E-state index contributed by atoms with van der Waals surface area (Å²) in [5, 5.41) is 0. The Labute approximate surface area is 200 Å². The molecule has 1 saturated heterocycles. The summed E-state index contributed by atoms with van der Waals surface area (Å²) in [5.41, 5.74) is 1.96. The minimum Gasteiger partial charge on any atom is -0.497 e. The lowest BCUT2D eigenvalue weighted by Gasteiger charge is -2.40. The summed E-state index contributed by atoms with van der Waals surface area (Å²) in [5.74, 6) is 0.931. The van der Waals surface area contributed by atoms with Gasteiger partial charge in [-0.3, -0.25) is 0 Å². The monoisotopic (exact) mass is 464 g/mol. The molecule has 180 valence electrons. The second-order valence-electron chi connectivity index (χ2n) is 10.2. The molecule has 5 rings (SSSR count). The van der Waals surface area contributed by atoms with E-state index in [1.54, 1.807) is 7.11 Å². The van der Waals surface area contributed by atoms with Crippen LogP contribution in [0.4, 0.5) is 0 Å². The van der Waals surface area contributed by atoms with Crippen molar-refractivity contribution in [2.45, 2.75) is 57.5 Å². The van der Waals surface area contributed by atoms with E-state index >= 15 is 0 Å². The molecule has 2 aliphatic heterocycles. The van der Waals surface area contributed by atoms with Crippen LogP contribution < -0.4 is 9.47 Å². The Morgan fingerprint density at radius 3 is 2.65 bits per heavy atom. The van der Waals surface area contributed by atoms with Gasteiger partial charge in [0, 0.05) is 5.92 Å². The first-order valence-corrected chi connectivity index (χ1v) is 11.9. The Hall–Kier alpha value is -2.83. The standard InChI is InChI=1S/C28H32O6/c1-17-12-18(2)14-19(13-17)27(3,4)34-26(29)25-16-31-28(33-25)21-8-6-7-9-23(21)32-24-11-10-20(30-5)15-22(24)28/h6-11,15,18-19,25H,1,12-14,16H2,2-5H3. The molecule has 1 spiro atoms. The first-order chi connectivity index (χ1) is 16.2. The molecule has 2 heterocycles. The molecule has 1 aliphatic carbocycles. The molecule has 1 saturated carbocycles. The quantitative estimate of drug-likeness (QED) is 0.425. The van der Waals surface area contributed by atoms with Gasteiger partial charge in [-0.25, -0.2) is 4.79 Å². The first-order valence-electron chi connectivity index (χ1n) is 11.9. The molecule has 0 amide bonds. The molecular formula is C28H32O6. The van der Waals surface area contributed by atoms with Crippen LogP contribution in [0.3, 0.4) is 0 Å². The maximum Gasteiger partial charge on any atom is 0.338 e. The molecule has 4 atom stereocenters. The number of carbonyl (C=O) groups is 1. The van der Waals surface area contributed by atoms with Crippen LogP contribution in [0.2, 0.25) is 0 Å². The Morgan fingerprint density at radius 2 is 1.88 bits per heavy atom. The van der Waals surface area contributed by atoms with Gasteiger partial charge in [-0.1, -0.05) is 31.2 Å². The molecule has 34 heavy (non-hydrogen) atoms. The van der Waals surface area contributed by atoms with Gasteiger partial charge < -0.3 is 23.7 Å². The highest BCUT2D eigenvalue weighted by molar-refractivity contribution is 5.76. The first kappa shape index (κ1) is 22.9. The van der Waals surface area contributed by atoms with Crippen molar-refractivity contribution in [3.63, 3.8) is 0 Å². The Morgan fingerprint density at radius 1 is 1.12 bits per heavy atom. The number of allylic oxidation sites excluding steroid dienone is 1. The van der Waals surface area contributed by atoms with Crippen molar-refractivity contribution in [3.8, 4) is 17.2 Å². The summed E-state index contributed by atoms with van der Waals surface area (Å²) in [4.78, 5) is 13.3. The summed E-state index contributed by atoms with van der Waals surface area (Å²) in [6.07, 6.45) is 2.04. The zero-order chi connectivity index (χ0) is 24.1. The summed E-state index contributed by atoms with van der Waals surface area (Å²) in [6, 6.07) is 13.0. The van der Waals surface area contributed by atoms with Crippen molar-refractivity contribution in [2.75, 3.05) is 13.7 Å². The van der Waals surface area contributed by atoms with Gasteiger partial charge in [-0.05, 0) is 69.4 Å². The van der Waals surface area contributed by atoms with E-state index in [0.717, 1.165) is 19.3 Å². The largest absolute Gasteiger partial charge is 0.497 e. The van der Waals surface area contributed by atoms with Gasteiger partial charge in [-0.15, -0.1) is 0 Å². The van der Waals surface area contributed by atoms with Gasteiger partial charge in [0.25, 0.3) is 0 Å². The van der Waals surface area contributed by atoms with Crippen LogP contribution >= 0.6 is 0 Å². The molecule has 2 fully saturated rings. The summed E-state index contributed by atoms with van der Waals surface area (Å²) in [7, 11) is 1.60. The van der Waals surface area contributed by atoms with Crippen LogP contribution in [0.15, 0.2) is 54.6 Å². The van der Waals surface area contributed by atoms with Crippen molar-refractivity contribution in [1.29, 1.82) is 0 Å². The number of hydrogen-bond donors (Lipinski definition) is 0. The highest BCUT2D eigenvalue weighted by atomic mass is 16.8. The smallest absolute Gasteiger partial charge is 0.338 e. The van der Waals surface area contributed by atoms with Crippen LogP contribution in [0, 0.1) is 11.8 Å². The number of esters is 1. The molecule has 0 aromatic heterocycles. The fourth-order valence-electron chi connectivity index (χ4n) is 5.45. The lowest BCUT2D eigenvalue weighted by atomic mass is 9.73. The zero-order valence-electron chi connectivity index (χ0n) is 20.3. The Balaban J connectivity index is 1.42. The van der Waals surface area contributed by atoms with E-state index in [9.17, 15) is 4.79 Å². The summed E-state index contributed by atoms with van der Waals surface area (Å²) >= 11 is 0. The van der Waals surface area contributed by atoms with Crippen LogP contribution in [0.5, 0.6) is 17.2 Å². The average molecular weight is 465 g/mol. The number of rotatable bonds is 4. The highest BCUT2D eigenvalue weighted by Gasteiger charge is 2.53. The second kappa shape index (κ2) is 8.43.